The molecule has 0 spiro atoms. The number of halogens is 5. The zero-order valence-electron chi connectivity index (χ0n) is 18.7. The van der Waals surface area contributed by atoms with E-state index in [1.165, 1.54) is 25.0 Å². The fourth-order valence-electron chi connectivity index (χ4n) is 3.36. The molecular formula is C21H24Cl2F3N5O3. The van der Waals surface area contributed by atoms with Crippen LogP contribution in [0.3, 0.4) is 0 Å². The van der Waals surface area contributed by atoms with Crippen LogP contribution in [-0.2, 0) is 4.79 Å². The highest BCUT2D eigenvalue weighted by Crippen LogP contribution is 2.36. The quantitative estimate of drug-likeness (QED) is 0.253. The summed E-state index contributed by atoms with van der Waals surface area (Å²) in [4.78, 5) is 28.1. The Kier molecular flexibility index (Phi) is 9.05. The first-order chi connectivity index (χ1) is 15.8. The molecule has 0 saturated carbocycles. The highest BCUT2D eigenvalue weighted by molar-refractivity contribution is 6.33. The number of amides is 1. The summed E-state index contributed by atoms with van der Waals surface area (Å²) < 4.78 is 43.9. The van der Waals surface area contributed by atoms with Gasteiger partial charge in [0.25, 0.3) is 5.78 Å². The third-order valence-electron chi connectivity index (χ3n) is 5.54. The van der Waals surface area contributed by atoms with E-state index in [1.807, 2.05) is 4.90 Å². The maximum Gasteiger partial charge on any atom is 0.396 e. The number of alkyl halides is 3. The van der Waals surface area contributed by atoms with Crippen molar-refractivity contribution in [2.24, 2.45) is 11.8 Å². The van der Waals surface area contributed by atoms with E-state index in [0.29, 0.717) is 24.5 Å². The van der Waals surface area contributed by atoms with Gasteiger partial charge in [-0.3, -0.25) is 9.59 Å². The van der Waals surface area contributed by atoms with E-state index in [-0.39, 0.29) is 35.9 Å². The predicted molar refractivity (Wildman–Crippen MR) is 121 cm³/mol. The molecule has 1 unspecified atom stereocenters. The number of carbonyl (C=O) groups excluding carboxylic acids is 2. The number of nitrogens with zero attached hydrogens (tertiary/aromatic N) is 4. The van der Waals surface area contributed by atoms with E-state index in [4.69, 9.17) is 39.0 Å². The molecule has 0 radical (unpaired) electrons. The topological polar surface area (TPSA) is 103 Å². The summed E-state index contributed by atoms with van der Waals surface area (Å²) in [5.41, 5.74) is 0.522. The minimum Gasteiger partial charge on any atom is -0.495 e. The molecule has 0 aliphatic carbocycles. The molecule has 186 valence electrons. The number of nitrogens with two attached hydrogens (primary N) is 1. The number of hydrogen-bond donors (Lipinski definition) is 1. The molecule has 34 heavy (non-hydrogen) atoms. The number of carbonyl (C=O) groups is 2. The Morgan fingerprint density at radius 1 is 1.29 bits per heavy atom. The van der Waals surface area contributed by atoms with Crippen molar-refractivity contribution in [3.63, 3.8) is 0 Å². The third-order valence-corrected chi connectivity index (χ3v) is 6.44. The van der Waals surface area contributed by atoms with Crippen molar-refractivity contribution >= 4 is 40.6 Å². The molecule has 2 rings (SSSR count). The van der Waals surface area contributed by atoms with Crippen LogP contribution in [-0.4, -0.2) is 67.6 Å². The lowest BCUT2D eigenvalue weighted by Gasteiger charge is -2.37. The number of allylic oxidation sites excluding steroid dienone is 2. The van der Waals surface area contributed by atoms with Crippen LogP contribution >= 0.6 is 23.2 Å². The first kappa shape index (κ1) is 27.6. The zero-order valence-corrected chi connectivity index (χ0v) is 20.3. The summed E-state index contributed by atoms with van der Waals surface area (Å²) in [7, 11) is 1.42. The zero-order chi connectivity index (χ0) is 25.8. The van der Waals surface area contributed by atoms with Gasteiger partial charge < -0.3 is 19.5 Å². The smallest absolute Gasteiger partial charge is 0.396 e. The maximum absolute atomic E-state index is 12.9. The lowest BCUT2D eigenvalue weighted by Crippen LogP contribution is -2.52. The van der Waals surface area contributed by atoms with E-state index in [0.717, 1.165) is 11.9 Å². The Morgan fingerprint density at radius 2 is 1.88 bits per heavy atom. The van der Waals surface area contributed by atoms with Gasteiger partial charge in [-0.2, -0.15) is 18.4 Å². The Balaban J connectivity index is 2.10. The van der Waals surface area contributed by atoms with Crippen molar-refractivity contribution in [1.29, 1.82) is 5.26 Å². The number of hydrogen-bond acceptors (Lipinski definition) is 7. The average molecular weight is 522 g/mol. The summed E-state index contributed by atoms with van der Waals surface area (Å²) in [6, 6.07) is 4.50. The summed E-state index contributed by atoms with van der Waals surface area (Å²) >= 11 is 11.9. The number of ether oxygens (including phenoxy) is 1. The first-order valence-corrected chi connectivity index (χ1v) is 10.9. The van der Waals surface area contributed by atoms with E-state index < -0.39 is 28.8 Å². The standard InChI is InChI=1S/C21H24Cl2F3N5O3/c1-12(21(24,25)26)20(23)13(2)31(28)11-19(33)30-6-4-29(5-7-30)16-9-18(34-3)15(22)8-14(16)17(32)10-27/h8-9,12H,4-7,11,28H2,1-3H3/b20-13+. The summed E-state index contributed by atoms with van der Waals surface area (Å²) in [5, 5.41) is 9.65. The Bertz CT molecular complexity index is 1020. The lowest BCUT2D eigenvalue weighted by atomic mass is 10.1. The number of methoxy groups -OCH3 is 1. The number of anilines is 1. The van der Waals surface area contributed by atoms with Gasteiger partial charge in [0.05, 0.1) is 34.3 Å². The third kappa shape index (κ3) is 6.25. The van der Waals surface area contributed by atoms with Gasteiger partial charge in [-0.25, -0.2) is 5.84 Å². The molecule has 8 nitrogen and oxygen atoms in total. The molecule has 2 N–H and O–H groups in total. The molecule has 1 saturated heterocycles. The number of hydrazine groups is 1. The van der Waals surface area contributed by atoms with Gasteiger partial charge in [0.1, 0.15) is 18.4 Å². The van der Waals surface area contributed by atoms with Gasteiger partial charge in [-0.1, -0.05) is 23.2 Å². The molecule has 1 aliphatic heterocycles. The van der Waals surface area contributed by atoms with Gasteiger partial charge in [0.15, 0.2) is 0 Å². The summed E-state index contributed by atoms with van der Waals surface area (Å²) in [6.07, 6.45) is -4.53. The van der Waals surface area contributed by atoms with Crippen molar-refractivity contribution < 1.29 is 27.5 Å². The SMILES string of the molecule is COc1cc(N2CCN(C(=O)CN(N)/C(C)=C(/Cl)C(C)C(F)(F)F)CC2)c(C(=O)C#N)cc1Cl. The van der Waals surface area contributed by atoms with Crippen LogP contribution in [0.5, 0.6) is 5.75 Å². The van der Waals surface area contributed by atoms with Crippen LogP contribution in [0.25, 0.3) is 0 Å². The van der Waals surface area contributed by atoms with Crippen molar-refractivity contribution in [3.8, 4) is 11.8 Å². The minimum absolute atomic E-state index is 0.0496. The molecule has 1 atom stereocenters. The Morgan fingerprint density at radius 3 is 2.38 bits per heavy atom. The monoisotopic (exact) mass is 521 g/mol. The molecule has 1 heterocycles. The fraction of sp³-hybridized carbons (Fsp3) is 0.476. The van der Waals surface area contributed by atoms with Gasteiger partial charge in [-0.15, -0.1) is 0 Å². The average Bonchev–Trinajstić information content (AvgIpc) is 2.81. The number of ketones is 1. The highest BCUT2D eigenvalue weighted by atomic mass is 35.5. The van der Waals surface area contributed by atoms with E-state index in [1.54, 1.807) is 12.1 Å². The molecule has 13 heteroatoms. The molecule has 0 bridgehead atoms. The predicted octanol–water partition coefficient (Wildman–Crippen LogP) is 3.55. The van der Waals surface area contributed by atoms with Gasteiger partial charge in [0.2, 0.25) is 5.91 Å². The largest absolute Gasteiger partial charge is 0.495 e. The van der Waals surface area contributed by atoms with Crippen LogP contribution in [0, 0.1) is 17.2 Å². The van der Waals surface area contributed by atoms with Gasteiger partial charge in [-0.05, 0) is 19.9 Å². The van der Waals surface area contributed by atoms with Crippen molar-refractivity contribution in [1.82, 2.24) is 9.91 Å². The number of nitriles is 1. The second-order valence-electron chi connectivity index (χ2n) is 7.64. The molecule has 1 fully saturated rings. The second kappa shape index (κ2) is 11.2. The fourth-order valence-corrected chi connectivity index (χ4v) is 3.83. The highest BCUT2D eigenvalue weighted by Gasteiger charge is 2.39. The number of piperazine rings is 1. The van der Waals surface area contributed by atoms with Gasteiger partial charge in [0, 0.05) is 37.9 Å². The van der Waals surface area contributed by atoms with Crippen molar-refractivity contribution in [2.75, 3.05) is 44.7 Å². The molecular weight excluding hydrogens is 498 g/mol. The van der Waals surface area contributed by atoms with E-state index in [2.05, 4.69) is 0 Å². The van der Waals surface area contributed by atoms with E-state index >= 15 is 0 Å². The van der Waals surface area contributed by atoms with Crippen LogP contribution in [0.15, 0.2) is 22.9 Å². The molecule has 1 aromatic carbocycles. The second-order valence-corrected chi connectivity index (χ2v) is 8.45. The number of rotatable bonds is 7. The van der Waals surface area contributed by atoms with Crippen LogP contribution in [0.2, 0.25) is 5.02 Å². The first-order valence-electron chi connectivity index (χ1n) is 10.1. The van der Waals surface area contributed by atoms with Crippen LogP contribution in [0.1, 0.15) is 24.2 Å². The number of Topliss-reactive ketones (excluding diaryl/α,β-unsaturated/α-hetero) is 1. The molecule has 1 amide bonds. The van der Waals surface area contributed by atoms with Crippen molar-refractivity contribution in [3.05, 3.63) is 33.4 Å². The van der Waals surface area contributed by atoms with Crippen molar-refractivity contribution in [2.45, 2.75) is 20.0 Å². The summed E-state index contributed by atoms with van der Waals surface area (Å²) in [6.45, 7) is 3.04. The summed E-state index contributed by atoms with van der Waals surface area (Å²) in [5.74, 6) is 3.07. The molecule has 0 aromatic heterocycles. The molecule has 1 aromatic rings. The Labute approximate surface area is 205 Å². The maximum atomic E-state index is 12.9. The normalized spacial score (nSPS) is 15.9. The van der Waals surface area contributed by atoms with Crippen LogP contribution in [0.4, 0.5) is 18.9 Å². The number of benzene rings is 1. The van der Waals surface area contributed by atoms with Gasteiger partial charge >= 0.3 is 6.18 Å². The molecule has 1 aliphatic rings. The lowest BCUT2D eigenvalue weighted by molar-refractivity contribution is -0.157. The van der Waals surface area contributed by atoms with E-state index in [9.17, 15) is 22.8 Å². The Hall–Kier alpha value is -2.68. The van der Waals surface area contributed by atoms with Crippen LogP contribution < -0.4 is 15.5 Å². The minimum atomic E-state index is -4.53.